The first-order chi connectivity index (χ1) is 9.05. The molecule has 0 bridgehead atoms. The number of aromatic nitrogens is 1. The largest absolute Gasteiger partial charge is 0.416 e. The van der Waals surface area contributed by atoms with Gasteiger partial charge in [-0.25, -0.2) is 4.98 Å². The summed E-state index contributed by atoms with van der Waals surface area (Å²) in [4.78, 5) is 6.17. The molecule has 104 valence electrons. The van der Waals surface area contributed by atoms with Crippen LogP contribution in [0.4, 0.5) is 19.0 Å². The summed E-state index contributed by atoms with van der Waals surface area (Å²) in [7, 11) is 0. The van der Waals surface area contributed by atoms with Gasteiger partial charge in [0.25, 0.3) is 0 Å². The molecule has 0 spiro atoms. The van der Waals surface area contributed by atoms with Crippen LogP contribution in [0, 0.1) is 5.92 Å². The fourth-order valence-corrected chi connectivity index (χ4v) is 3.10. The monoisotopic (exact) mass is 271 g/mol. The number of alkyl halides is 3. The molecular weight excluding hydrogens is 255 g/mol. The van der Waals surface area contributed by atoms with Crippen molar-refractivity contribution in [3.63, 3.8) is 0 Å². The SMILES string of the molecule is FC(F)(F)c1ccnc(N2CCCC3CNCC32)c1. The second kappa shape index (κ2) is 4.67. The quantitative estimate of drug-likeness (QED) is 0.849. The van der Waals surface area contributed by atoms with Gasteiger partial charge in [0, 0.05) is 31.9 Å². The average Bonchev–Trinajstić information content (AvgIpc) is 2.86. The average molecular weight is 271 g/mol. The Kier molecular flexibility index (Phi) is 3.12. The van der Waals surface area contributed by atoms with Crippen molar-refractivity contribution in [1.82, 2.24) is 10.3 Å². The van der Waals surface area contributed by atoms with E-state index < -0.39 is 11.7 Å². The molecule has 2 fully saturated rings. The van der Waals surface area contributed by atoms with E-state index in [1.807, 2.05) is 4.90 Å². The zero-order chi connectivity index (χ0) is 13.5. The highest BCUT2D eigenvalue weighted by Crippen LogP contribution is 2.34. The van der Waals surface area contributed by atoms with E-state index >= 15 is 0 Å². The Morgan fingerprint density at radius 1 is 1.32 bits per heavy atom. The topological polar surface area (TPSA) is 28.2 Å². The molecule has 3 rings (SSSR count). The zero-order valence-corrected chi connectivity index (χ0v) is 10.5. The molecule has 2 atom stereocenters. The van der Waals surface area contributed by atoms with E-state index in [0.717, 1.165) is 38.5 Å². The summed E-state index contributed by atoms with van der Waals surface area (Å²) < 4.78 is 38.2. The molecule has 2 aliphatic heterocycles. The van der Waals surface area contributed by atoms with Crippen molar-refractivity contribution in [2.24, 2.45) is 5.92 Å². The Morgan fingerprint density at radius 3 is 2.95 bits per heavy atom. The minimum Gasteiger partial charge on any atom is -0.352 e. The van der Waals surface area contributed by atoms with E-state index in [4.69, 9.17) is 0 Å². The van der Waals surface area contributed by atoms with Crippen molar-refractivity contribution in [3.8, 4) is 0 Å². The van der Waals surface area contributed by atoms with Crippen LogP contribution < -0.4 is 10.2 Å². The van der Waals surface area contributed by atoms with Crippen molar-refractivity contribution >= 4 is 5.82 Å². The molecule has 3 heterocycles. The van der Waals surface area contributed by atoms with Gasteiger partial charge in [-0.2, -0.15) is 13.2 Å². The third-order valence-electron chi connectivity index (χ3n) is 4.05. The molecule has 0 amide bonds. The number of hydrogen-bond acceptors (Lipinski definition) is 3. The summed E-state index contributed by atoms with van der Waals surface area (Å²) in [6, 6.07) is 2.48. The first-order valence-corrected chi connectivity index (χ1v) is 6.56. The number of pyridine rings is 1. The van der Waals surface area contributed by atoms with E-state index in [9.17, 15) is 13.2 Å². The lowest BCUT2D eigenvalue weighted by atomic mass is 9.92. The smallest absolute Gasteiger partial charge is 0.352 e. The summed E-state index contributed by atoms with van der Waals surface area (Å²) in [5.74, 6) is 0.985. The van der Waals surface area contributed by atoms with Gasteiger partial charge in [-0.1, -0.05) is 0 Å². The summed E-state index contributed by atoms with van der Waals surface area (Å²) >= 11 is 0. The third kappa shape index (κ3) is 2.41. The minimum absolute atomic E-state index is 0.282. The number of fused-ring (bicyclic) bond motifs is 1. The Bertz CT molecular complexity index is 461. The van der Waals surface area contributed by atoms with Gasteiger partial charge in [0.15, 0.2) is 0 Å². The summed E-state index contributed by atoms with van der Waals surface area (Å²) in [6.07, 6.45) is -0.890. The highest BCUT2D eigenvalue weighted by molar-refractivity contribution is 5.44. The third-order valence-corrected chi connectivity index (χ3v) is 4.05. The number of anilines is 1. The zero-order valence-electron chi connectivity index (χ0n) is 10.5. The maximum absolute atomic E-state index is 12.7. The van der Waals surface area contributed by atoms with Gasteiger partial charge in [-0.05, 0) is 30.9 Å². The Morgan fingerprint density at radius 2 is 2.16 bits per heavy atom. The molecule has 1 aromatic rings. The molecule has 0 saturated carbocycles. The van der Waals surface area contributed by atoms with Crippen LogP contribution in [0.2, 0.25) is 0 Å². The number of nitrogens with zero attached hydrogens (tertiary/aromatic N) is 2. The first kappa shape index (κ1) is 12.7. The lowest BCUT2D eigenvalue weighted by Gasteiger charge is -2.38. The Balaban J connectivity index is 1.89. The summed E-state index contributed by atoms with van der Waals surface area (Å²) in [5.41, 5.74) is -0.620. The fourth-order valence-electron chi connectivity index (χ4n) is 3.10. The molecule has 0 aromatic carbocycles. The van der Waals surface area contributed by atoms with Crippen LogP contribution in [0.25, 0.3) is 0 Å². The van der Waals surface area contributed by atoms with Crippen molar-refractivity contribution < 1.29 is 13.2 Å². The molecule has 0 aliphatic carbocycles. The van der Waals surface area contributed by atoms with Gasteiger partial charge in [0.2, 0.25) is 0 Å². The lowest BCUT2D eigenvalue weighted by Crippen LogP contribution is -2.45. The summed E-state index contributed by atoms with van der Waals surface area (Å²) in [5, 5.41) is 3.32. The number of piperidine rings is 1. The van der Waals surface area contributed by atoms with Crippen molar-refractivity contribution in [2.75, 3.05) is 24.5 Å². The second-order valence-electron chi connectivity index (χ2n) is 5.22. The molecule has 1 aromatic heterocycles. The molecule has 3 nitrogen and oxygen atoms in total. The van der Waals surface area contributed by atoms with Crippen molar-refractivity contribution in [1.29, 1.82) is 0 Å². The predicted octanol–water partition coefficient (Wildman–Crippen LogP) is 2.29. The number of nitrogens with one attached hydrogen (secondary N) is 1. The normalized spacial score (nSPS) is 27.4. The van der Waals surface area contributed by atoms with Crippen LogP contribution in [-0.2, 0) is 6.18 Å². The standard InChI is InChI=1S/C13H16F3N3/c14-13(15,16)10-3-4-18-12(6-10)19-5-1-2-9-7-17-8-11(9)19/h3-4,6,9,11,17H,1-2,5,7-8H2. The van der Waals surface area contributed by atoms with E-state index in [1.54, 1.807) is 0 Å². The molecule has 2 aliphatic rings. The Labute approximate surface area is 109 Å². The minimum atomic E-state index is -4.30. The van der Waals surface area contributed by atoms with Gasteiger partial charge in [-0.15, -0.1) is 0 Å². The number of hydrogen-bond donors (Lipinski definition) is 1. The molecule has 0 radical (unpaired) electrons. The van der Waals surface area contributed by atoms with Gasteiger partial charge in [0.05, 0.1) is 5.56 Å². The molecule has 19 heavy (non-hydrogen) atoms. The summed E-state index contributed by atoms with van der Waals surface area (Å²) in [6.45, 7) is 2.58. The van der Waals surface area contributed by atoms with Gasteiger partial charge >= 0.3 is 6.18 Å². The fraction of sp³-hybridized carbons (Fsp3) is 0.615. The molecule has 2 saturated heterocycles. The van der Waals surface area contributed by atoms with Crippen LogP contribution in [0.5, 0.6) is 0 Å². The van der Waals surface area contributed by atoms with Crippen LogP contribution >= 0.6 is 0 Å². The van der Waals surface area contributed by atoms with Crippen LogP contribution in [0.15, 0.2) is 18.3 Å². The van der Waals surface area contributed by atoms with E-state index in [0.29, 0.717) is 11.7 Å². The van der Waals surface area contributed by atoms with Gasteiger partial charge < -0.3 is 10.2 Å². The van der Waals surface area contributed by atoms with Crippen LogP contribution in [0.3, 0.4) is 0 Å². The van der Waals surface area contributed by atoms with Gasteiger partial charge in [-0.3, -0.25) is 0 Å². The first-order valence-electron chi connectivity index (χ1n) is 6.56. The van der Waals surface area contributed by atoms with E-state index in [1.165, 1.54) is 12.3 Å². The molecule has 1 N–H and O–H groups in total. The molecule has 2 unspecified atom stereocenters. The second-order valence-corrected chi connectivity index (χ2v) is 5.22. The van der Waals surface area contributed by atoms with Gasteiger partial charge in [0.1, 0.15) is 5.82 Å². The predicted molar refractivity (Wildman–Crippen MR) is 66.0 cm³/mol. The molecule has 6 heteroatoms. The molecular formula is C13H16F3N3. The van der Waals surface area contributed by atoms with Crippen LogP contribution in [0.1, 0.15) is 18.4 Å². The number of halogens is 3. The lowest BCUT2D eigenvalue weighted by molar-refractivity contribution is -0.137. The van der Waals surface area contributed by atoms with Crippen molar-refractivity contribution in [3.05, 3.63) is 23.9 Å². The van der Waals surface area contributed by atoms with Crippen molar-refractivity contribution in [2.45, 2.75) is 25.1 Å². The maximum atomic E-state index is 12.7. The maximum Gasteiger partial charge on any atom is 0.416 e. The Hall–Kier alpha value is -1.30. The number of rotatable bonds is 1. The highest BCUT2D eigenvalue weighted by atomic mass is 19.4. The van der Waals surface area contributed by atoms with Crippen LogP contribution in [-0.4, -0.2) is 30.7 Å². The highest BCUT2D eigenvalue weighted by Gasteiger charge is 2.37. The van der Waals surface area contributed by atoms with E-state index in [-0.39, 0.29) is 6.04 Å². The van der Waals surface area contributed by atoms with E-state index in [2.05, 4.69) is 10.3 Å².